The zero-order chi connectivity index (χ0) is 18.4. The van der Waals surface area contributed by atoms with E-state index in [1.54, 1.807) is 6.92 Å². The summed E-state index contributed by atoms with van der Waals surface area (Å²) in [6.45, 7) is 3.04. The number of hydrogen-bond acceptors (Lipinski definition) is 7. The number of nitro groups is 1. The summed E-state index contributed by atoms with van der Waals surface area (Å²) in [4.78, 5) is 30.2. The van der Waals surface area contributed by atoms with E-state index in [-0.39, 0.29) is 17.2 Å². The number of rotatable bonds is 4. The van der Waals surface area contributed by atoms with Gasteiger partial charge < -0.3 is 0 Å². The molecular weight excluding hydrogens is 352 g/mol. The first-order valence-electron chi connectivity index (χ1n) is 6.93. The molecule has 11 nitrogen and oxygen atoms in total. The summed E-state index contributed by atoms with van der Waals surface area (Å²) >= 11 is 0. The number of anilines is 1. The van der Waals surface area contributed by atoms with Crippen LogP contribution in [0.1, 0.15) is 11.5 Å². The molecule has 0 fully saturated rings. The maximum atomic E-state index is 12.6. The highest BCUT2D eigenvalue weighted by Gasteiger charge is 2.27. The molecule has 0 bridgehead atoms. The van der Waals surface area contributed by atoms with Crippen LogP contribution in [0.4, 0.5) is 11.4 Å². The molecule has 130 valence electrons. The van der Waals surface area contributed by atoms with E-state index in [1.807, 2.05) is 0 Å². The van der Waals surface area contributed by atoms with Crippen LogP contribution in [0.15, 0.2) is 34.0 Å². The number of nitrogens with one attached hydrogen (secondary N) is 2. The second-order valence-corrected chi connectivity index (χ2v) is 6.80. The van der Waals surface area contributed by atoms with E-state index in [1.165, 1.54) is 19.1 Å². The van der Waals surface area contributed by atoms with E-state index >= 15 is 0 Å². The Labute approximate surface area is 140 Å². The Hall–Kier alpha value is -3.28. The molecule has 0 radical (unpaired) electrons. The molecule has 2 heterocycles. The average Bonchev–Trinajstić information content (AvgIpc) is 2.92. The molecule has 0 saturated carbocycles. The van der Waals surface area contributed by atoms with Crippen LogP contribution >= 0.6 is 0 Å². The molecule has 0 aliphatic heterocycles. The average molecular weight is 364 g/mol. The standard InChI is InChI=1S/C13H12N6O5S/c1-7-11(12(20)18-13(14-7)15-8(2)16-18)17-25(23,24)10-6-4-3-5-9(10)19(21)22/h3-6,17H,1-2H3,(H,14,15,16). The topological polar surface area (TPSA) is 152 Å². The highest BCUT2D eigenvalue weighted by Crippen LogP contribution is 2.25. The van der Waals surface area contributed by atoms with E-state index in [9.17, 15) is 23.3 Å². The van der Waals surface area contributed by atoms with Crippen molar-refractivity contribution in [3.05, 3.63) is 56.3 Å². The van der Waals surface area contributed by atoms with Crippen molar-refractivity contribution in [2.45, 2.75) is 18.7 Å². The molecule has 1 aromatic carbocycles. The van der Waals surface area contributed by atoms with Crippen molar-refractivity contribution in [2.75, 3.05) is 4.72 Å². The first kappa shape index (κ1) is 16.6. The van der Waals surface area contributed by atoms with E-state index in [0.29, 0.717) is 5.82 Å². The zero-order valence-corrected chi connectivity index (χ0v) is 13.9. The lowest BCUT2D eigenvalue weighted by Crippen LogP contribution is -2.25. The third-order valence-electron chi connectivity index (χ3n) is 3.38. The lowest BCUT2D eigenvalue weighted by molar-refractivity contribution is -0.387. The molecule has 0 aliphatic carbocycles. The number of fused-ring (bicyclic) bond motifs is 1. The minimum Gasteiger partial charge on any atom is -0.275 e. The number of para-hydroxylation sites is 1. The lowest BCUT2D eigenvalue weighted by atomic mass is 10.3. The summed E-state index contributed by atoms with van der Waals surface area (Å²) in [5.74, 6) is 0.511. The quantitative estimate of drug-likeness (QED) is 0.511. The van der Waals surface area contributed by atoms with Crippen LogP contribution in [0.25, 0.3) is 5.78 Å². The maximum Gasteiger partial charge on any atom is 0.298 e. The molecule has 0 spiro atoms. The van der Waals surface area contributed by atoms with Gasteiger partial charge in [-0.2, -0.15) is 9.50 Å². The summed E-state index contributed by atoms with van der Waals surface area (Å²) in [6, 6.07) is 4.84. The Morgan fingerprint density at radius 1 is 1.24 bits per heavy atom. The van der Waals surface area contributed by atoms with Gasteiger partial charge in [0.05, 0.1) is 10.6 Å². The number of hydrogen-bond donors (Lipinski definition) is 2. The van der Waals surface area contributed by atoms with Crippen molar-refractivity contribution in [2.24, 2.45) is 0 Å². The SMILES string of the molecule is Cc1nc2nc(C)c(NS(=O)(=O)c3ccccc3[N+](=O)[O-])c(=O)n2[nH]1. The van der Waals surface area contributed by atoms with Gasteiger partial charge in [-0.05, 0) is 19.9 Å². The number of nitro benzene ring substituents is 1. The van der Waals surface area contributed by atoms with Crippen LogP contribution < -0.4 is 10.3 Å². The molecule has 3 aromatic rings. The summed E-state index contributed by atoms with van der Waals surface area (Å²) in [5.41, 5.74) is -1.54. The summed E-state index contributed by atoms with van der Waals surface area (Å²) in [5, 5.41) is 13.7. The van der Waals surface area contributed by atoms with Gasteiger partial charge in [-0.25, -0.2) is 13.4 Å². The smallest absolute Gasteiger partial charge is 0.275 e. The van der Waals surface area contributed by atoms with Crippen molar-refractivity contribution in [3.63, 3.8) is 0 Å². The van der Waals surface area contributed by atoms with Crippen LogP contribution in [0.2, 0.25) is 0 Å². The van der Waals surface area contributed by atoms with Crippen LogP contribution in [0.5, 0.6) is 0 Å². The number of aromatic nitrogens is 4. The van der Waals surface area contributed by atoms with E-state index in [2.05, 4.69) is 19.8 Å². The van der Waals surface area contributed by atoms with Crippen molar-refractivity contribution in [1.29, 1.82) is 0 Å². The van der Waals surface area contributed by atoms with Gasteiger partial charge in [0.15, 0.2) is 4.90 Å². The molecule has 2 N–H and O–H groups in total. The predicted octanol–water partition coefficient (Wildman–Crippen LogP) is 0.743. The van der Waals surface area contributed by atoms with Crippen molar-refractivity contribution < 1.29 is 13.3 Å². The first-order chi connectivity index (χ1) is 11.7. The van der Waals surface area contributed by atoms with Crippen LogP contribution in [-0.2, 0) is 10.0 Å². The number of sulfonamides is 1. The number of aryl methyl sites for hydroxylation is 2. The molecule has 0 amide bonds. The number of nitrogens with zero attached hydrogens (tertiary/aromatic N) is 4. The molecule has 12 heteroatoms. The predicted molar refractivity (Wildman–Crippen MR) is 87.0 cm³/mol. The van der Waals surface area contributed by atoms with E-state index in [0.717, 1.165) is 16.6 Å². The van der Waals surface area contributed by atoms with Gasteiger partial charge in [0.2, 0.25) is 0 Å². The molecule has 0 unspecified atom stereocenters. The van der Waals surface area contributed by atoms with Gasteiger partial charge in [-0.3, -0.25) is 24.7 Å². The molecule has 0 aliphatic rings. The number of H-pyrrole nitrogens is 1. The first-order valence-corrected chi connectivity index (χ1v) is 8.41. The van der Waals surface area contributed by atoms with Gasteiger partial charge >= 0.3 is 0 Å². The molecule has 25 heavy (non-hydrogen) atoms. The zero-order valence-electron chi connectivity index (χ0n) is 13.0. The monoisotopic (exact) mass is 364 g/mol. The Balaban J connectivity index is 2.16. The minimum atomic E-state index is -4.38. The van der Waals surface area contributed by atoms with Crippen LogP contribution in [0, 0.1) is 24.0 Å². The molecule has 0 atom stereocenters. The summed E-state index contributed by atoms with van der Waals surface area (Å²) in [7, 11) is -4.38. The van der Waals surface area contributed by atoms with Gasteiger partial charge in [0.25, 0.3) is 27.0 Å². The lowest BCUT2D eigenvalue weighted by Gasteiger charge is -2.09. The minimum absolute atomic E-state index is 0.0913. The second-order valence-electron chi connectivity index (χ2n) is 5.15. The van der Waals surface area contributed by atoms with Gasteiger partial charge in [-0.1, -0.05) is 12.1 Å². The Bertz CT molecular complexity index is 1160. The number of aromatic amines is 1. The van der Waals surface area contributed by atoms with Gasteiger partial charge in [0, 0.05) is 6.07 Å². The Morgan fingerprint density at radius 2 is 1.92 bits per heavy atom. The van der Waals surface area contributed by atoms with Crippen molar-refractivity contribution >= 4 is 27.2 Å². The third kappa shape index (κ3) is 2.82. The fourth-order valence-corrected chi connectivity index (χ4v) is 3.56. The van der Waals surface area contributed by atoms with E-state index < -0.39 is 31.1 Å². The van der Waals surface area contributed by atoms with Crippen molar-refractivity contribution in [3.8, 4) is 0 Å². The van der Waals surface area contributed by atoms with Crippen molar-refractivity contribution in [1.82, 2.24) is 19.6 Å². The molecule has 0 saturated heterocycles. The molecule has 3 rings (SSSR count). The number of benzene rings is 1. The largest absolute Gasteiger partial charge is 0.298 e. The van der Waals surface area contributed by atoms with Gasteiger partial charge in [-0.15, -0.1) is 0 Å². The van der Waals surface area contributed by atoms with Gasteiger partial charge in [0.1, 0.15) is 11.5 Å². The summed E-state index contributed by atoms with van der Waals surface area (Å²) < 4.78 is 28.2. The van der Waals surface area contributed by atoms with Crippen LogP contribution in [-0.4, -0.2) is 32.9 Å². The highest BCUT2D eigenvalue weighted by molar-refractivity contribution is 7.92. The second kappa shape index (κ2) is 5.66. The normalized spacial score (nSPS) is 11.6. The fourth-order valence-electron chi connectivity index (χ4n) is 2.27. The Morgan fingerprint density at radius 3 is 2.60 bits per heavy atom. The Kier molecular flexibility index (Phi) is 3.75. The highest BCUT2D eigenvalue weighted by atomic mass is 32.2. The third-order valence-corrected chi connectivity index (χ3v) is 4.77. The summed E-state index contributed by atoms with van der Waals surface area (Å²) in [6.07, 6.45) is 0. The maximum absolute atomic E-state index is 12.6. The molecular formula is C13H12N6O5S. The molecule has 2 aromatic heterocycles. The van der Waals surface area contributed by atoms with E-state index in [4.69, 9.17) is 0 Å². The van der Waals surface area contributed by atoms with Crippen LogP contribution in [0.3, 0.4) is 0 Å². The fraction of sp³-hybridized carbons (Fsp3) is 0.154.